The van der Waals surface area contributed by atoms with Gasteiger partial charge in [-0.3, -0.25) is 4.79 Å². The van der Waals surface area contributed by atoms with Gasteiger partial charge in [-0.2, -0.15) is 0 Å². The van der Waals surface area contributed by atoms with Crippen LogP contribution < -0.4 is 4.74 Å². The number of hydrogen-bond acceptors (Lipinski definition) is 5. The number of hydrogen-bond donors (Lipinski definition) is 1. The number of carbonyl (C=O) groups is 1. The van der Waals surface area contributed by atoms with Crippen molar-refractivity contribution in [3.63, 3.8) is 0 Å². The van der Waals surface area contributed by atoms with Crippen LogP contribution in [0.15, 0.2) is 42.7 Å². The van der Waals surface area contributed by atoms with Gasteiger partial charge in [-0.25, -0.2) is 9.97 Å². The van der Waals surface area contributed by atoms with Crippen LogP contribution in [0.25, 0.3) is 10.8 Å². The molecule has 4 rings (SSSR count). The van der Waals surface area contributed by atoms with E-state index in [-0.39, 0.29) is 18.1 Å². The van der Waals surface area contributed by atoms with Gasteiger partial charge < -0.3 is 19.4 Å². The van der Waals surface area contributed by atoms with E-state index >= 15 is 0 Å². The molecular formula is C19H20N4O3. The molecule has 7 heteroatoms. The number of pyridine rings is 1. The maximum absolute atomic E-state index is 13.2. The number of H-pyrrole nitrogens is 1. The highest BCUT2D eigenvalue weighted by molar-refractivity contribution is 5.98. The SMILES string of the molecule is COc1nc(C(=O)N2C[C@H](OC)CC2c2ncc[nH]2)cc2ccccc12. The fraction of sp³-hybridized carbons (Fsp3) is 0.316. The Morgan fingerprint density at radius 2 is 2.15 bits per heavy atom. The molecule has 1 fully saturated rings. The molecule has 0 radical (unpaired) electrons. The van der Waals surface area contributed by atoms with Crippen LogP contribution in [0.1, 0.15) is 28.8 Å². The Kier molecular flexibility index (Phi) is 4.30. The number of nitrogens with one attached hydrogen (secondary N) is 1. The van der Waals surface area contributed by atoms with Crippen LogP contribution in [0, 0.1) is 0 Å². The molecule has 134 valence electrons. The van der Waals surface area contributed by atoms with Gasteiger partial charge in [0.25, 0.3) is 5.91 Å². The zero-order chi connectivity index (χ0) is 18.1. The number of likely N-dealkylation sites (tertiary alicyclic amines) is 1. The van der Waals surface area contributed by atoms with E-state index in [1.807, 2.05) is 24.3 Å². The molecule has 0 aliphatic carbocycles. The summed E-state index contributed by atoms with van der Waals surface area (Å²) in [5.74, 6) is 1.05. The highest BCUT2D eigenvalue weighted by Gasteiger charge is 2.38. The van der Waals surface area contributed by atoms with E-state index in [1.54, 1.807) is 37.6 Å². The summed E-state index contributed by atoms with van der Waals surface area (Å²) in [5.41, 5.74) is 0.355. The second-order valence-electron chi connectivity index (χ2n) is 6.28. The minimum absolute atomic E-state index is 0.0311. The summed E-state index contributed by atoms with van der Waals surface area (Å²) in [6.45, 7) is 0.498. The molecule has 0 saturated carbocycles. The molecule has 1 aromatic carbocycles. The van der Waals surface area contributed by atoms with Gasteiger partial charge in [-0.05, 0) is 17.5 Å². The minimum Gasteiger partial charge on any atom is -0.481 e. The number of carbonyl (C=O) groups excluding carboxylic acids is 1. The molecule has 2 atom stereocenters. The number of ether oxygens (including phenoxy) is 2. The first kappa shape index (κ1) is 16.5. The Hall–Kier alpha value is -2.93. The largest absolute Gasteiger partial charge is 0.481 e. The quantitative estimate of drug-likeness (QED) is 0.780. The van der Waals surface area contributed by atoms with Crippen molar-refractivity contribution in [3.8, 4) is 5.88 Å². The van der Waals surface area contributed by atoms with Gasteiger partial charge in [-0.15, -0.1) is 0 Å². The molecule has 3 aromatic rings. The second-order valence-corrected chi connectivity index (χ2v) is 6.28. The average molecular weight is 352 g/mol. The lowest BCUT2D eigenvalue weighted by molar-refractivity contribution is 0.0678. The first-order valence-corrected chi connectivity index (χ1v) is 8.48. The lowest BCUT2D eigenvalue weighted by Gasteiger charge is -2.23. The van der Waals surface area contributed by atoms with Crippen LogP contribution in [-0.4, -0.2) is 52.6 Å². The molecule has 2 aromatic heterocycles. The Bertz CT molecular complexity index is 926. The van der Waals surface area contributed by atoms with E-state index in [0.29, 0.717) is 24.5 Å². The van der Waals surface area contributed by atoms with Crippen LogP contribution in [0.3, 0.4) is 0 Å². The average Bonchev–Trinajstić information content (AvgIpc) is 3.35. The third-order valence-corrected chi connectivity index (χ3v) is 4.81. The Morgan fingerprint density at radius 1 is 1.31 bits per heavy atom. The summed E-state index contributed by atoms with van der Waals surface area (Å²) >= 11 is 0. The third-order valence-electron chi connectivity index (χ3n) is 4.81. The van der Waals surface area contributed by atoms with Gasteiger partial charge in [0.1, 0.15) is 11.5 Å². The van der Waals surface area contributed by atoms with Crippen LogP contribution in [0.4, 0.5) is 0 Å². The van der Waals surface area contributed by atoms with Crippen molar-refractivity contribution in [2.24, 2.45) is 0 Å². The fourth-order valence-corrected chi connectivity index (χ4v) is 3.49. The molecule has 7 nitrogen and oxygen atoms in total. The summed E-state index contributed by atoms with van der Waals surface area (Å²) < 4.78 is 10.9. The molecular weight excluding hydrogens is 332 g/mol. The standard InChI is InChI=1S/C19H20N4O3/c1-25-13-10-16(17-20-7-8-21-17)23(11-13)19(24)15-9-12-5-3-4-6-14(12)18(22-15)26-2/h3-9,13,16H,10-11H2,1-2H3,(H,20,21)/t13-,16?/m1/s1. The zero-order valence-electron chi connectivity index (χ0n) is 14.7. The van der Waals surface area contributed by atoms with Crippen molar-refractivity contribution in [3.05, 3.63) is 54.2 Å². The van der Waals surface area contributed by atoms with Crippen molar-refractivity contribution in [1.82, 2.24) is 19.9 Å². The molecule has 1 unspecified atom stereocenters. The molecule has 26 heavy (non-hydrogen) atoms. The number of fused-ring (bicyclic) bond motifs is 1. The molecule has 1 aliphatic rings. The molecule has 1 saturated heterocycles. The monoisotopic (exact) mass is 352 g/mol. The van der Waals surface area contributed by atoms with Gasteiger partial charge in [0, 0.05) is 37.9 Å². The normalized spacial score (nSPS) is 19.8. The second kappa shape index (κ2) is 6.76. The number of methoxy groups -OCH3 is 2. The van der Waals surface area contributed by atoms with Gasteiger partial charge in [-0.1, -0.05) is 18.2 Å². The summed E-state index contributed by atoms with van der Waals surface area (Å²) in [5, 5.41) is 1.80. The van der Waals surface area contributed by atoms with Crippen LogP contribution in [0.2, 0.25) is 0 Å². The summed E-state index contributed by atoms with van der Waals surface area (Å²) in [7, 11) is 3.22. The predicted octanol–water partition coefficient (Wildman–Crippen LogP) is 2.57. The maximum atomic E-state index is 13.2. The topological polar surface area (TPSA) is 80.3 Å². The summed E-state index contributed by atoms with van der Waals surface area (Å²) in [6, 6.07) is 9.37. The Labute approximate surface area is 151 Å². The van der Waals surface area contributed by atoms with Gasteiger partial charge >= 0.3 is 0 Å². The number of benzene rings is 1. The van der Waals surface area contributed by atoms with Crippen molar-refractivity contribution >= 4 is 16.7 Å². The molecule has 1 amide bonds. The van der Waals surface area contributed by atoms with Gasteiger partial charge in [0.05, 0.1) is 19.3 Å². The number of imidazole rings is 1. The molecule has 0 spiro atoms. The van der Waals surface area contributed by atoms with Crippen LogP contribution >= 0.6 is 0 Å². The number of rotatable bonds is 4. The van der Waals surface area contributed by atoms with E-state index in [4.69, 9.17) is 9.47 Å². The van der Waals surface area contributed by atoms with Crippen molar-refractivity contribution in [2.75, 3.05) is 20.8 Å². The number of nitrogens with zero attached hydrogens (tertiary/aromatic N) is 3. The predicted molar refractivity (Wildman–Crippen MR) is 96.1 cm³/mol. The smallest absolute Gasteiger partial charge is 0.273 e. The summed E-state index contributed by atoms with van der Waals surface area (Å²) in [4.78, 5) is 26.9. The van der Waals surface area contributed by atoms with E-state index < -0.39 is 0 Å². The Balaban J connectivity index is 1.73. The highest BCUT2D eigenvalue weighted by atomic mass is 16.5. The molecule has 1 N–H and O–H groups in total. The fourth-order valence-electron chi connectivity index (χ4n) is 3.49. The minimum atomic E-state index is -0.165. The van der Waals surface area contributed by atoms with Crippen molar-refractivity contribution in [2.45, 2.75) is 18.6 Å². The number of amides is 1. The lowest BCUT2D eigenvalue weighted by atomic mass is 10.1. The first-order chi connectivity index (χ1) is 12.7. The number of aromatic nitrogens is 3. The van der Waals surface area contributed by atoms with Crippen molar-refractivity contribution in [1.29, 1.82) is 0 Å². The van der Waals surface area contributed by atoms with Crippen LogP contribution in [0.5, 0.6) is 5.88 Å². The Morgan fingerprint density at radius 3 is 2.88 bits per heavy atom. The maximum Gasteiger partial charge on any atom is 0.273 e. The van der Waals surface area contributed by atoms with Crippen LogP contribution in [-0.2, 0) is 4.74 Å². The third kappa shape index (κ3) is 2.80. The summed E-state index contributed by atoms with van der Waals surface area (Å²) in [6.07, 6.45) is 4.11. The van der Waals surface area contributed by atoms with E-state index in [2.05, 4.69) is 15.0 Å². The van der Waals surface area contributed by atoms with E-state index in [0.717, 1.165) is 16.6 Å². The molecule has 1 aliphatic heterocycles. The van der Waals surface area contributed by atoms with Gasteiger partial charge in [0.2, 0.25) is 5.88 Å². The first-order valence-electron chi connectivity index (χ1n) is 8.48. The molecule has 0 bridgehead atoms. The van der Waals surface area contributed by atoms with Gasteiger partial charge in [0.15, 0.2) is 0 Å². The van der Waals surface area contributed by atoms with Crippen molar-refractivity contribution < 1.29 is 14.3 Å². The highest BCUT2D eigenvalue weighted by Crippen LogP contribution is 2.33. The molecule has 3 heterocycles. The van der Waals surface area contributed by atoms with E-state index in [1.165, 1.54) is 0 Å². The zero-order valence-corrected chi connectivity index (χ0v) is 14.7. The number of aromatic amines is 1. The van der Waals surface area contributed by atoms with E-state index in [9.17, 15) is 4.79 Å². The lowest BCUT2D eigenvalue weighted by Crippen LogP contribution is -2.33.